The number of fused-ring (bicyclic) bond motifs is 1. The molecule has 0 aromatic heterocycles. The molecule has 1 aliphatic heterocycles. The highest BCUT2D eigenvalue weighted by Crippen LogP contribution is 2.51. The summed E-state index contributed by atoms with van der Waals surface area (Å²) in [4.78, 5) is 29.0. The van der Waals surface area contributed by atoms with Gasteiger partial charge in [0.1, 0.15) is 5.75 Å². The predicted molar refractivity (Wildman–Crippen MR) is 132 cm³/mol. The molecule has 1 N–H and O–H groups in total. The van der Waals surface area contributed by atoms with E-state index in [1.165, 1.54) is 0 Å². The summed E-state index contributed by atoms with van der Waals surface area (Å²) in [5, 5.41) is 3.51. The van der Waals surface area contributed by atoms with Crippen molar-refractivity contribution in [1.82, 2.24) is 0 Å². The molecule has 1 amide bonds. The minimum atomic E-state index is -0.683. The van der Waals surface area contributed by atoms with Crippen molar-refractivity contribution in [3.8, 4) is 17.2 Å². The summed E-state index contributed by atoms with van der Waals surface area (Å²) < 4.78 is 16.8. The van der Waals surface area contributed by atoms with Crippen LogP contribution < -0.4 is 24.4 Å². The number of anilines is 2. The van der Waals surface area contributed by atoms with Crippen LogP contribution in [0.2, 0.25) is 0 Å². The van der Waals surface area contributed by atoms with Gasteiger partial charge in [0, 0.05) is 35.7 Å². The highest BCUT2D eigenvalue weighted by Gasteiger charge is 2.44. The van der Waals surface area contributed by atoms with Crippen LogP contribution in [0, 0.1) is 5.41 Å². The number of allylic oxidation sites excluding steroid dienone is 1. The number of methoxy groups -OCH3 is 3. The summed E-state index contributed by atoms with van der Waals surface area (Å²) in [6.45, 7) is 6.01. The first-order valence-corrected chi connectivity index (χ1v) is 11.5. The molecule has 1 aliphatic carbocycles. The van der Waals surface area contributed by atoms with E-state index in [1.807, 2.05) is 37.3 Å². The van der Waals surface area contributed by atoms with Crippen LogP contribution in [0.5, 0.6) is 17.2 Å². The normalized spacial score (nSPS) is 18.9. The van der Waals surface area contributed by atoms with E-state index in [2.05, 4.69) is 19.2 Å². The Morgan fingerprint density at radius 2 is 1.68 bits per heavy atom. The van der Waals surface area contributed by atoms with Crippen LogP contribution in [0.1, 0.15) is 51.6 Å². The largest absolute Gasteiger partial charge is 0.496 e. The number of benzene rings is 2. The Balaban J connectivity index is 2.08. The molecule has 0 radical (unpaired) electrons. The molecule has 0 spiro atoms. The van der Waals surface area contributed by atoms with E-state index in [0.717, 1.165) is 17.1 Å². The summed E-state index contributed by atoms with van der Waals surface area (Å²) in [6, 6.07) is 10.5. The Kier molecular flexibility index (Phi) is 6.30. The third-order valence-electron chi connectivity index (χ3n) is 6.50. The van der Waals surface area contributed by atoms with Crippen LogP contribution in [0.15, 0.2) is 47.7 Å². The first kappa shape index (κ1) is 23.7. The molecule has 0 saturated heterocycles. The number of Topliss-reactive ketones (excluding diaryl/α,β-unsaturated/α-hetero) is 1. The van der Waals surface area contributed by atoms with Crippen LogP contribution in [-0.4, -0.2) is 33.0 Å². The number of rotatable bonds is 5. The maximum Gasteiger partial charge on any atom is 0.227 e. The van der Waals surface area contributed by atoms with E-state index >= 15 is 0 Å². The van der Waals surface area contributed by atoms with E-state index < -0.39 is 6.04 Å². The van der Waals surface area contributed by atoms with Crippen LogP contribution >= 0.6 is 0 Å². The molecule has 2 aromatic rings. The van der Waals surface area contributed by atoms with Crippen molar-refractivity contribution in [3.63, 3.8) is 0 Å². The summed E-state index contributed by atoms with van der Waals surface area (Å²) in [5.74, 6) is 1.44. The maximum absolute atomic E-state index is 13.7. The number of nitrogens with one attached hydrogen (secondary N) is 1. The van der Waals surface area contributed by atoms with Gasteiger partial charge in [-0.2, -0.15) is 0 Å². The average molecular weight is 465 g/mol. The van der Waals surface area contributed by atoms with E-state index in [1.54, 1.807) is 32.3 Å². The Bertz CT molecular complexity index is 1170. The van der Waals surface area contributed by atoms with Crippen molar-refractivity contribution < 1.29 is 23.8 Å². The summed E-state index contributed by atoms with van der Waals surface area (Å²) >= 11 is 0. The molecular weight excluding hydrogens is 432 g/mol. The molecule has 0 saturated carbocycles. The Morgan fingerprint density at radius 3 is 2.32 bits per heavy atom. The molecule has 1 heterocycles. The molecule has 180 valence electrons. The average Bonchev–Trinajstić information content (AvgIpc) is 2.95. The van der Waals surface area contributed by atoms with Crippen molar-refractivity contribution in [2.75, 3.05) is 31.5 Å². The minimum Gasteiger partial charge on any atom is -0.496 e. The molecule has 0 unspecified atom stereocenters. The molecule has 0 bridgehead atoms. The SMILES string of the molecule is CCC(=O)N1c2ccccc2NC2=C(C(=O)CC(C)(C)C2)[C@H]1c1cc(OC)c(OC)cc1OC. The van der Waals surface area contributed by atoms with Gasteiger partial charge in [0.15, 0.2) is 17.3 Å². The zero-order chi connectivity index (χ0) is 24.6. The molecular formula is C27H32N2O5. The number of ether oxygens (including phenoxy) is 3. The maximum atomic E-state index is 13.7. The van der Waals surface area contributed by atoms with Crippen LogP contribution in [-0.2, 0) is 9.59 Å². The fourth-order valence-electron chi connectivity index (χ4n) is 4.99. The third kappa shape index (κ3) is 4.00. The van der Waals surface area contributed by atoms with Crippen LogP contribution in [0.3, 0.4) is 0 Å². The fourth-order valence-corrected chi connectivity index (χ4v) is 4.99. The van der Waals surface area contributed by atoms with Crippen LogP contribution in [0.4, 0.5) is 11.4 Å². The number of nitrogens with zero attached hydrogens (tertiary/aromatic N) is 1. The van der Waals surface area contributed by atoms with Gasteiger partial charge in [-0.25, -0.2) is 0 Å². The first-order chi connectivity index (χ1) is 16.2. The van der Waals surface area contributed by atoms with Gasteiger partial charge in [-0.3, -0.25) is 14.5 Å². The van der Waals surface area contributed by atoms with Crippen molar-refractivity contribution in [2.24, 2.45) is 5.41 Å². The number of hydrogen-bond donors (Lipinski definition) is 1. The Morgan fingerprint density at radius 1 is 1.03 bits per heavy atom. The van der Waals surface area contributed by atoms with Gasteiger partial charge in [0.2, 0.25) is 5.91 Å². The lowest BCUT2D eigenvalue weighted by Gasteiger charge is -2.37. The smallest absolute Gasteiger partial charge is 0.227 e. The molecule has 4 rings (SSSR count). The van der Waals surface area contributed by atoms with Gasteiger partial charge in [-0.15, -0.1) is 0 Å². The zero-order valence-corrected chi connectivity index (χ0v) is 20.7. The van der Waals surface area contributed by atoms with Gasteiger partial charge < -0.3 is 19.5 Å². The van der Waals surface area contributed by atoms with Gasteiger partial charge in [-0.05, 0) is 30.0 Å². The zero-order valence-electron chi connectivity index (χ0n) is 20.7. The van der Waals surface area contributed by atoms with Gasteiger partial charge in [0.05, 0.1) is 38.7 Å². The Labute approximate surface area is 200 Å². The summed E-state index contributed by atoms with van der Waals surface area (Å²) in [6.07, 6.45) is 1.36. The summed E-state index contributed by atoms with van der Waals surface area (Å²) in [5.41, 5.74) is 3.40. The fraction of sp³-hybridized carbons (Fsp3) is 0.407. The number of para-hydroxylation sites is 2. The van der Waals surface area contributed by atoms with Crippen molar-refractivity contribution >= 4 is 23.1 Å². The number of carbonyl (C=O) groups is 2. The Hall–Kier alpha value is -3.48. The van der Waals surface area contributed by atoms with Crippen molar-refractivity contribution in [1.29, 1.82) is 0 Å². The second kappa shape index (κ2) is 9.05. The molecule has 2 aromatic carbocycles. The first-order valence-electron chi connectivity index (χ1n) is 11.5. The highest BCUT2D eigenvalue weighted by molar-refractivity contribution is 6.06. The van der Waals surface area contributed by atoms with Crippen molar-refractivity contribution in [3.05, 3.63) is 53.2 Å². The highest BCUT2D eigenvalue weighted by atomic mass is 16.5. The predicted octanol–water partition coefficient (Wildman–Crippen LogP) is 5.27. The standard InChI is InChI=1S/C27H32N2O5/c1-7-24(31)29-19-11-9-8-10-17(19)28-18-14-27(2,3)15-20(30)25(18)26(29)16-12-22(33-5)23(34-6)13-21(16)32-4/h8-13,26,28H,7,14-15H2,1-6H3/t26-/m1/s1. The van der Waals surface area contributed by atoms with Gasteiger partial charge >= 0.3 is 0 Å². The number of ketones is 1. The van der Waals surface area contributed by atoms with E-state index in [9.17, 15) is 9.59 Å². The summed E-state index contributed by atoms with van der Waals surface area (Å²) in [7, 11) is 4.69. The molecule has 1 atom stereocenters. The number of amides is 1. The van der Waals surface area contributed by atoms with Crippen molar-refractivity contribution in [2.45, 2.75) is 46.1 Å². The lowest BCUT2D eigenvalue weighted by Crippen LogP contribution is -2.39. The van der Waals surface area contributed by atoms with Gasteiger partial charge in [0.25, 0.3) is 0 Å². The van der Waals surface area contributed by atoms with E-state index in [0.29, 0.717) is 41.2 Å². The lowest BCUT2D eigenvalue weighted by molar-refractivity contribution is -0.119. The van der Waals surface area contributed by atoms with E-state index in [-0.39, 0.29) is 23.5 Å². The monoisotopic (exact) mass is 464 g/mol. The topological polar surface area (TPSA) is 77.1 Å². The second-order valence-electron chi connectivity index (χ2n) is 9.44. The molecule has 34 heavy (non-hydrogen) atoms. The molecule has 7 nitrogen and oxygen atoms in total. The number of carbonyl (C=O) groups excluding carboxylic acids is 2. The lowest BCUT2D eigenvalue weighted by atomic mass is 9.73. The third-order valence-corrected chi connectivity index (χ3v) is 6.50. The van der Waals surface area contributed by atoms with Gasteiger partial charge in [-0.1, -0.05) is 32.9 Å². The molecule has 0 fully saturated rings. The number of hydrogen-bond acceptors (Lipinski definition) is 6. The minimum absolute atomic E-state index is 0.0160. The van der Waals surface area contributed by atoms with Crippen LogP contribution in [0.25, 0.3) is 0 Å². The van der Waals surface area contributed by atoms with E-state index in [4.69, 9.17) is 14.2 Å². The quantitative estimate of drug-likeness (QED) is 0.650. The second-order valence-corrected chi connectivity index (χ2v) is 9.44. The molecule has 7 heteroatoms. The molecule has 2 aliphatic rings.